The summed E-state index contributed by atoms with van der Waals surface area (Å²) in [7, 11) is 0. The van der Waals surface area contributed by atoms with Crippen LogP contribution in [-0.4, -0.2) is 4.98 Å². The topological polar surface area (TPSA) is 24.9 Å². The Morgan fingerprint density at radius 2 is 2.31 bits per heavy atom. The van der Waals surface area contributed by atoms with E-state index in [9.17, 15) is 0 Å². The van der Waals surface area contributed by atoms with Gasteiger partial charge in [0, 0.05) is 12.2 Å². The van der Waals surface area contributed by atoms with E-state index < -0.39 is 0 Å². The van der Waals surface area contributed by atoms with Crippen LogP contribution < -0.4 is 5.32 Å². The molecule has 1 N–H and O–H groups in total. The van der Waals surface area contributed by atoms with E-state index in [1.165, 1.54) is 11.1 Å². The highest BCUT2D eigenvalue weighted by molar-refractivity contribution is 7.14. The van der Waals surface area contributed by atoms with Crippen LogP contribution in [0.3, 0.4) is 0 Å². The van der Waals surface area contributed by atoms with Crippen molar-refractivity contribution in [1.29, 1.82) is 0 Å². The maximum Gasteiger partial charge on any atom is 0.0931 e. The summed E-state index contributed by atoms with van der Waals surface area (Å²) >= 11 is 7.47. The Hall–Kier alpha value is -1.06. The molecule has 4 heteroatoms. The fraction of sp³-hybridized carbons (Fsp3) is 0.250. The Bertz CT molecular complexity index is 481. The molecule has 0 aliphatic rings. The van der Waals surface area contributed by atoms with Gasteiger partial charge in [-0.25, -0.2) is 0 Å². The first kappa shape index (κ1) is 11.4. The smallest absolute Gasteiger partial charge is 0.0931 e. The van der Waals surface area contributed by atoms with E-state index >= 15 is 0 Å². The molecule has 0 aliphatic carbocycles. The van der Waals surface area contributed by atoms with Gasteiger partial charge in [-0.2, -0.15) is 0 Å². The van der Waals surface area contributed by atoms with Gasteiger partial charge in [0.1, 0.15) is 0 Å². The quantitative estimate of drug-likeness (QED) is 0.882. The highest BCUT2D eigenvalue weighted by atomic mass is 35.5. The highest BCUT2D eigenvalue weighted by Crippen LogP contribution is 2.27. The summed E-state index contributed by atoms with van der Waals surface area (Å²) in [6.07, 6.45) is 3.65. The second kappa shape index (κ2) is 4.85. The summed E-state index contributed by atoms with van der Waals surface area (Å²) in [4.78, 5) is 4.11. The average molecular weight is 253 g/mol. The van der Waals surface area contributed by atoms with Gasteiger partial charge >= 0.3 is 0 Å². The Morgan fingerprint density at radius 1 is 1.50 bits per heavy atom. The zero-order valence-corrected chi connectivity index (χ0v) is 10.8. The molecule has 1 unspecified atom stereocenters. The minimum Gasteiger partial charge on any atom is -0.377 e. The maximum absolute atomic E-state index is 5.92. The molecular weight excluding hydrogens is 240 g/mol. The molecule has 2 nitrogen and oxygen atoms in total. The summed E-state index contributed by atoms with van der Waals surface area (Å²) < 4.78 is 0.826. The number of hydrogen-bond acceptors (Lipinski definition) is 3. The van der Waals surface area contributed by atoms with E-state index in [-0.39, 0.29) is 6.04 Å². The molecule has 2 rings (SSSR count). The van der Waals surface area contributed by atoms with Crippen molar-refractivity contribution in [2.75, 3.05) is 5.32 Å². The van der Waals surface area contributed by atoms with Crippen LogP contribution in [0.25, 0.3) is 0 Å². The van der Waals surface area contributed by atoms with E-state index in [0.717, 1.165) is 10.0 Å². The Balaban J connectivity index is 2.13. The van der Waals surface area contributed by atoms with E-state index in [2.05, 4.69) is 29.5 Å². The minimum atomic E-state index is 0.242. The molecule has 0 fully saturated rings. The molecule has 0 bridgehead atoms. The van der Waals surface area contributed by atoms with Gasteiger partial charge in [0.05, 0.1) is 16.2 Å². The van der Waals surface area contributed by atoms with Crippen molar-refractivity contribution in [1.82, 2.24) is 4.98 Å². The van der Waals surface area contributed by atoms with Gasteiger partial charge < -0.3 is 5.32 Å². The van der Waals surface area contributed by atoms with E-state index in [1.807, 2.05) is 18.3 Å². The van der Waals surface area contributed by atoms with Crippen LogP contribution in [0.1, 0.15) is 24.1 Å². The van der Waals surface area contributed by atoms with Gasteiger partial charge in [-0.05, 0) is 42.5 Å². The lowest BCUT2D eigenvalue weighted by atomic mass is 10.1. The van der Waals surface area contributed by atoms with Gasteiger partial charge in [-0.3, -0.25) is 4.98 Å². The maximum atomic E-state index is 5.92. The van der Waals surface area contributed by atoms with Crippen LogP contribution in [0.15, 0.2) is 29.9 Å². The molecule has 2 aromatic heterocycles. The molecule has 2 aromatic rings. The first-order valence-electron chi connectivity index (χ1n) is 5.08. The second-order valence-corrected chi connectivity index (χ2v) is 5.28. The summed E-state index contributed by atoms with van der Waals surface area (Å²) in [5.74, 6) is 0. The van der Waals surface area contributed by atoms with Crippen LogP contribution >= 0.6 is 22.9 Å². The van der Waals surface area contributed by atoms with Crippen molar-refractivity contribution in [3.63, 3.8) is 0 Å². The lowest BCUT2D eigenvalue weighted by Gasteiger charge is -2.15. The molecule has 0 spiro atoms. The predicted octanol–water partition coefficient (Wildman–Crippen LogP) is 4.28. The molecule has 16 heavy (non-hydrogen) atoms. The normalized spacial score (nSPS) is 12.4. The van der Waals surface area contributed by atoms with Crippen LogP contribution in [0.4, 0.5) is 5.69 Å². The van der Waals surface area contributed by atoms with Crippen molar-refractivity contribution >= 4 is 28.6 Å². The van der Waals surface area contributed by atoms with Gasteiger partial charge in [-0.15, -0.1) is 11.3 Å². The third-order valence-corrected chi connectivity index (χ3v) is 3.61. The first-order chi connectivity index (χ1) is 7.66. The fourth-order valence-electron chi connectivity index (χ4n) is 1.48. The largest absolute Gasteiger partial charge is 0.377 e. The molecule has 0 saturated carbocycles. The van der Waals surface area contributed by atoms with E-state index in [4.69, 9.17) is 11.6 Å². The number of hydrogen-bond donors (Lipinski definition) is 1. The average Bonchev–Trinajstić information content (AvgIpc) is 2.68. The number of aromatic nitrogens is 1. The number of pyridine rings is 1. The Labute approximate surface area is 104 Å². The molecule has 0 radical (unpaired) electrons. The summed E-state index contributed by atoms with van der Waals surface area (Å²) in [6, 6.07) is 4.23. The number of halogens is 1. The van der Waals surface area contributed by atoms with E-state index in [0.29, 0.717) is 0 Å². The Morgan fingerprint density at radius 3 is 2.94 bits per heavy atom. The Kier molecular flexibility index (Phi) is 3.46. The van der Waals surface area contributed by atoms with Gasteiger partial charge in [-0.1, -0.05) is 11.6 Å². The molecular formula is C12H13ClN2S. The highest BCUT2D eigenvalue weighted by Gasteiger charge is 2.08. The molecule has 0 aliphatic heterocycles. The monoisotopic (exact) mass is 252 g/mol. The number of aryl methyl sites for hydroxylation is 1. The third kappa shape index (κ3) is 2.54. The van der Waals surface area contributed by atoms with E-state index in [1.54, 1.807) is 17.5 Å². The predicted molar refractivity (Wildman–Crippen MR) is 70.3 cm³/mol. The van der Waals surface area contributed by atoms with Crippen molar-refractivity contribution in [3.05, 3.63) is 45.4 Å². The molecule has 84 valence electrons. The number of nitrogens with one attached hydrogen (secondary N) is 1. The molecule has 2 heterocycles. The van der Waals surface area contributed by atoms with Crippen LogP contribution in [0.2, 0.25) is 4.34 Å². The van der Waals surface area contributed by atoms with Crippen molar-refractivity contribution in [3.8, 4) is 0 Å². The number of rotatable bonds is 3. The molecule has 1 atom stereocenters. The fourth-order valence-corrected chi connectivity index (χ4v) is 2.47. The molecule has 0 amide bonds. The number of thiophene rings is 1. The van der Waals surface area contributed by atoms with Gasteiger partial charge in [0.2, 0.25) is 0 Å². The summed E-state index contributed by atoms with van der Waals surface area (Å²) in [5, 5.41) is 5.50. The zero-order valence-electron chi connectivity index (χ0n) is 9.20. The van der Waals surface area contributed by atoms with Crippen LogP contribution in [-0.2, 0) is 0 Å². The van der Waals surface area contributed by atoms with Gasteiger partial charge in [0.15, 0.2) is 0 Å². The van der Waals surface area contributed by atoms with Crippen molar-refractivity contribution in [2.24, 2.45) is 0 Å². The first-order valence-corrected chi connectivity index (χ1v) is 6.33. The summed E-state index contributed by atoms with van der Waals surface area (Å²) in [6.45, 7) is 4.18. The van der Waals surface area contributed by atoms with Gasteiger partial charge in [0.25, 0.3) is 0 Å². The lowest BCUT2D eigenvalue weighted by molar-refractivity contribution is 0.886. The zero-order chi connectivity index (χ0) is 11.5. The standard InChI is InChI=1S/C12H13ClN2S/c1-8-3-4-14-6-11(8)15-9(2)10-5-12(13)16-7-10/h3-7,9,15H,1-2H3. The van der Waals surface area contributed by atoms with Crippen LogP contribution in [0.5, 0.6) is 0 Å². The van der Waals surface area contributed by atoms with Crippen molar-refractivity contribution < 1.29 is 0 Å². The number of anilines is 1. The van der Waals surface area contributed by atoms with Crippen LogP contribution in [0, 0.1) is 6.92 Å². The lowest BCUT2D eigenvalue weighted by Crippen LogP contribution is -2.06. The summed E-state index contributed by atoms with van der Waals surface area (Å²) in [5.41, 5.74) is 3.47. The number of nitrogens with zero attached hydrogens (tertiary/aromatic N) is 1. The van der Waals surface area contributed by atoms with Crippen molar-refractivity contribution in [2.45, 2.75) is 19.9 Å². The second-order valence-electron chi connectivity index (χ2n) is 3.74. The molecule has 0 aromatic carbocycles. The SMILES string of the molecule is Cc1ccncc1NC(C)c1csc(Cl)c1. The third-order valence-electron chi connectivity index (χ3n) is 2.50. The minimum absolute atomic E-state index is 0.242. The molecule has 0 saturated heterocycles.